The lowest BCUT2D eigenvalue weighted by Crippen LogP contribution is -2.42. The lowest BCUT2D eigenvalue weighted by atomic mass is 10.1. The molecule has 0 radical (unpaired) electrons. The molecule has 2 aromatic rings. The number of phenols is 1. The van der Waals surface area contributed by atoms with E-state index in [2.05, 4.69) is 5.32 Å². The molecule has 0 aliphatic heterocycles. The molecule has 0 unspecified atom stereocenters. The van der Waals surface area contributed by atoms with E-state index < -0.39 is 41.0 Å². The zero-order chi connectivity index (χ0) is 21.4. The number of carboxylic acid groups (broad SMARTS) is 1. The molecule has 2 rings (SSSR count). The summed E-state index contributed by atoms with van der Waals surface area (Å²) in [6.07, 6.45) is 2.10. The molecule has 0 spiro atoms. The predicted molar refractivity (Wildman–Crippen MR) is 103 cm³/mol. The summed E-state index contributed by atoms with van der Waals surface area (Å²) < 4.78 is 4.70. The van der Waals surface area contributed by atoms with Crippen LogP contribution in [-0.2, 0) is 20.7 Å². The molecule has 0 aliphatic rings. The van der Waals surface area contributed by atoms with E-state index in [1.54, 1.807) is 24.3 Å². The third-order valence-electron chi connectivity index (χ3n) is 3.98. The first-order valence-corrected chi connectivity index (χ1v) is 8.52. The monoisotopic (exact) mass is 397 g/mol. The van der Waals surface area contributed by atoms with Crippen LogP contribution in [0, 0.1) is 0 Å². The van der Waals surface area contributed by atoms with Crippen molar-refractivity contribution < 1.29 is 34.1 Å². The van der Waals surface area contributed by atoms with Gasteiger partial charge in [0, 0.05) is 18.1 Å². The Morgan fingerprint density at radius 1 is 1.07 bits per heavy atom. The molecule has 0 fully saturated rings. The van der Waals surface area contributed by atoms with Crippen LogP contribution in [0.15, 0.2) is 60.7 Å². The van der Waals surface area contributed by atoms with Gasteiger partial charge in [-0.15, -0.1) is 0 Å². The zero-order valence-corrected chi connectivity index (χ0v) is 15.5. The second-order valence-corrected chi connectivity index (χ2v) is 6.01. The number of aromatic carboxylic acids is 1. The average molecular weight is 397 g/mol. The SMILES string of the molecule is COC(=O)[C@H](Cc1ccccc1)NC(=O)C=CC(=O)c1ccc(O)c(C(=O)O)c1. The number of hydrogen-bond donors (Lipinski definition) is 3. The molecule has 0 bridgehead atoms. The molecule has 0 saturated heterocycles. The maximum Gasteiger partial charge on any atom is 0.339 e. The Balaban J connectivity index is 2.08. The normalized spacial score (nSPS) is 11.6. The third kappa shape index (κ3) is 6.03. The summed E-state index contributed by atoms with van der Waals surface area (Å²) in [7, 11) is 1.21. The van der Waals surface area contributed by atoms with Crippen LogP contribution in [0.2, 0.25) is 0 Å². The number of aromatic hydroxyl groups is 1. The van der Waals surface area contributed by atoms with Crippen LogP contribution in [0.4, 0.5) is 0 Å². The molecule has 8 heteroatoms. The molecule has 0 aliphatic carbocycles. The molecule has 150 valence electrons. The molecule has 3 N–H and O–H groups in total. The van der Waals surface area contributed by atoms with Crippen LogP contribution in [-0.4, -0.2) is 47.0 Å². The first kappa shape index (κ1) is 21.4. The van der Waals surface area contributed by atoms with Crippen molar-refractivity contribution in [3.05, 3.63) is 77.4 Å². The largest absolute Gasteiger partial charge is 0.507 e. The van der Waals surface area contributed by atoms with E-state index in [4.69, 9.17) is 9.84 Å². The van der Waals surface area contributed by atoms with Gasteiger partial charge in [-0.2, -0.15) is 0 Å². The maximum absolute atomic E-state index is 12.2. The van der Waals surface area contributed by atoms with Gasteiger partial charge in [-0.1, -0.05) is 30.3 Å². The van der Waals surface area contributed by atoms with Crippen molar-refractivity contribution in [1.29, 1.82) is 0 Å². The molecule has 0 heterocycles. The molecule has 8 nitrogen and oxygen atoms in total. The number of ether oxygens (including phenoxy) is 1. The van der Waals surface area contributed by atoms with Gasteiger partial charge in [-0.25, -0.2) is 9.59 Å². The number of methoxy groups -OCH3 is 1. The van der Waals surface area contributed by atoms with E-state index in [1.807, 2.05) is 6.07 Å². The minimum absolute atomic E-state index is 0.0157. The number of rotatable bonds is 8. The number of nitrogens with one attached hydrogen (secondary N) is 1. The van der Waals surface area contributed by atoms with Gasteiger partial charge in [0.15, 0.2) is 5.78 Å². The fourth-order valence-corrected chi connectivity index (χ4v) is 2.51. The van der Waals surface area contributed by atoms with Crippen LogP contribution in [0.5, 0.6) is 5.75 Å². The fourth-order valence-electron chi connectivity index (χ4n) is 2.51. The number of ketones is 1. The summed E-state index contributed by atoms with van der Waals surface area (Å²) >= 11 is 0. The van der Waals surface area contributed by atoms with E-state index in [0.717, 1.165) is 29.8 Å². The van der Waals surface area contributed by atoms with E-state index >= 15 is 0 Å². The van der Waals surface area contributed by atoms with Gasteiger partial charge in [-0.3, -0.25) is 9.59 Å². The van der Waals surface area contributed by atoms with Gasteiger partial charge in [0.1, 0.15) is 17.4 Å². The number of allylic oxidation sites excluding steroid dienone is 1. The molecule has 2 aromatic carbocycles. The Hall–Kier alpha value is -3.94. The van der Waals surface area contributed by atoms with Crippen molar-refractivity contribution in [2.75, 3.05) is 7.11 Å². The first-order chi connectivity index (χ1) is 13.8. The first-order valence-electron chi connectivity index (χ1n) is 8.52. The Kier molecular flexibility index (Phi) is 7.25. The minimum Gasteiger partial charge on any atom is -0.507 e. The van der Waals surface area contributed by atoms with Crippen molar-refractivity contribution in [3.63, 3.8) is 0 Å². The van der Waals surface area contributed by atoms with Crippen LogP contribution in [0.3, 0.4) is 0 Å². The van der Waals surface area contributed by atoms with Crippen molar-refractivity contribution in [2.24, 2.45) is 0 Å². The molecule has 29 heavy (non-hydrogen) atoms. The van der Waals surface area contributed by atoms with E-state index in [9.17, 15) is 24.3 Å². The Labute approximate surface area is 166 Å². The fraction of sp³-hybridized carbons (Fsp3) is 0.143. The van der Waals surface area contributed by atoms with Crippen LogP contribution >= 0.6 is 0 Å². The number of amides is 1. The second kappa shape index (κ2) is 9.84. The van der Waals surface area contributed by atoms with E-state index in [-0.39, 0.29) is 12.0 Å². The van der Waals surface area contributed by atoms with Crippen molar-refractivity contribution in [2.45, 2.75) is 12.5 Å². The number of benzene rings is 2. The van der Waals surface area contributed by atoms with Gasteiger partial charge < -0.3 is 20.3 Å². The lowest BCUT2D eigenvalue weighted by Gasteiger charge is -2.15. The summed E-state index contributed by atoms with van der Waals surface area (Å²) in [5.41, 5.74) is 0.369. The van der Waals surface area contributed by atoms with Crippen LogP contribution in [0.1, 0.15) is 26.3 Å². The molecule has 0 saturated carbocycles. The van der Waals surface area contributed by atoms with Gasteiger partial charge in [0.05, 0.1) is 7.11 Å². The molecule has 1 atom stereocenters. The summed E-state index contributed by atoms with van der Waals surface area (Å²) in [6.45, 7) is 0. The summed E-state index contributed by atoms with van der Waals surface area (Å²) in [5.74, 6) is -3.83. The third-order valence-corrected chi connectivity index (χ3v) is 3.98. The summed E-state index contributed by atoms with van der Waals surface area (Å²) in [5, 5.41) is 20.9. The number of hydrogen-bond acceptors (Lipinski definition) is 6. The van der Waals surface area contributed by atoms with Gasteiger partial charge in [0.25, 0.3) is 0 Å². The highest BCUT2D eigenvalue weighted by Gasteiger charge is 2.21. The number of esters is 1. The average Bonchev–Trinajstić information content (AvgIpc) is 2.71. The second-order valence-electron chi connectivity index (χ2n) is 6.01. The smallest absolute Gasteiger partial charge is 0.339 e. The molecule has 1 amide bonds. The van der Waals surface area contributed by atoms with Crippen molar-refractivity contribution >= 4 is 23.6 Å². The molecule has 0 aromatic heterocycles. The zero-order valence-electron chi connectivity index (χ0n) is 15.5. The number of carbonyl (C=O) groups is 4. The van der Waals surface area contributed by atoms with Crippen molar-refractivity contribution in [1.82, 2.24) is 5.32 Å². The number of carbonyl (C=O) groups excluding carboxylic acids is 3. The Bertz CT molecular complexity index is 951. The lowest BCUT2D eigenvalue weighted by molar-refractivity contribution is -0.144. The highest BCUT2D eigenvalue weighted by atomic mass is 16.5. The van der Waals surface area contributed by atoms with E-state index in [1.165, 1.54) is 13.2 Å². The molecular weight excluding hydrogens is 378 g/mol. The van der Waals surface area contributed by atoms with Crippen molar-refractivity contribution in [3.8, 4) is 5.75 Å². The summed E-state index contributed by atoms with van der Waals surface area (Å²) in [4.78, 5) is 47.3. The van der Waals surface area contributed by atoms with E-state index in [0.29, 0.717) is 0 Å². The highest BCUT2D eigenvalue weighted by molar-refractivity contribution is 6.09. The summed E-state index contributed by atoms with van der Waals surface area (Å²) in [6, 6.07) is 11.4. The highest BCUT2D eigenvalue weighted by Crippen LogP contribution is 2.19. The minimum atomic E-state index is -1.39. The molecular formula is C21H19NO7. The van der Waals surface area contributed by atoms with Gasteiger partial charge in [0.2, 0.25) is 5.91 Å². The van der Waals surface area contributed by atoms with Gasteiger partial charge in [-0.05, 0) is 29.8 Å². The Morgan fingerprint density at radius 2 is 1.76 bits per heavy atom. The predicted octanol–water partition coefficient (Wildman–Crippen LogP) is 1.73. The topological polar surface area (TPSA) is 130 Å². The van der Waals surface area contributed by atoms with Crippen LogP contribution in [0.25, 0.3) is 0 Å². The number of carboxylic acids is 1. The quantitative estimate of drug-likeness (QED) is 0.351. The maximum atomic E-state index is 12.2. The van der Waals surface area contributed by atoms with Gasteiger partial charge >= 0.3 is 11.9 Å². The Morgan fingerprint density at radius 3 is 2.38 bits per heavy atom. The standard InChI is InChI=1S/C21H19NO7/c1-29-21(28)16(11-13-5-3-2-4-6-13)22-19(25)10-9-17(23)14-7-8-18(24)15(12-14)20(26)27/h2-10,12,16,24H,11H2,1H3,(H,22,25)(H,26,27)/t16-/m0/s1. The van der Waals surface area contributed by atoms with Crippen LogP contribution < -0.4 is 5.32 Å².